The molecule has 206 valence electrons. The van der Waals surface area contributed by atoms with Gasteiger partial charge < -0.3 is 19.9 Å². The summed E-state index contributed by atoms with van der Waals surface area (Å²) in [4.78, 5) is 14.1. The number of nitrogens with one attached hydrogen (secondary N) is 2. The van der Waals surface area contributed by atoms with Gasteiger partial charge in [-0.3, -0.25) is 4.79 Å². The van der Waals surface area contributed by atoms with Crippen molar-refractivity contribution in [3.05, 3.63) is 113 Å². The fourth-order valence-corrected chi connectivity index (χ4v) is 6.63. The Kier molecular flexibility index (Phi) is 6.50. The average Bonchev–Trinajstić information content (AvgIpc) is 3.22. The number of hydrogen-bond acceptors (Lipinski definition) is 4. The summed E-state index contributed by atoms with van der Waals surface area (Å²) in [6.07, 6.45) is 2.24. The monoisotopic (exact) mass is 541 g/mol. The van der Waals surface area contributed by atoms with Gasteiger partial charge in [0, 0.05) is 46.0 Å². The van der Waals surface area contributed by atoms with Crippen LogP contribution in [-0.2, 0) is 11.3 Å². The van der Waals surface area contributed by atoms with E-state index in [-0.39, 0.29) is 17.7 Å². The van der Waals surface area contributed by atoms with Crippen LogP contribution in [0.2, 0.25) is 0 Å². The number of carbonyl (C=O) groups is 1. The second-order valence-electron chi connectivity index (χ2n) is 11.1. The average molecular weight is 542 g/mol. The molecule has 0 radical (unpaired) electrons. The van der Waals surface area contributed by atoms with Crippen LogP contribution in [-0.4, -0.2) is 17.0 Å². The maximum absolute atomic E-state index is 14.1. The van der Waals surface area contributed by atoms with Gasteiger partial charge in [-0.2, -0.15) is 0 Å². The highest BCUT2D eigenvalue weighted by Gasteiger charge is 2.36. The van der Waals surface area contributed by atoms with E-state index in [1.54, 1.807) is 0 Å². The first-order chi connectivity index (χ1) is 20.1. The van der Waals surface area contributed by atoms with E-state index in [2.05, 4.69) is 95.8 Å². The third kappa shape index (κ3) is 4.46. The molecule has 1 aliphatic carbocycles. The first-order valence-electron chi connectivity index (χ1n) is 14.8. The van der Waals surface area contributed by atoms with Gasteiger partial charge in [-0.1, -0.05) is 55.5 Å². The highest BCUT2D eigenvalue weighted by molar-refractivity contribution is 6.08. The van der Waals surface area contributed by atoms with Crippen LogP contribution < -0.4 is 15.4 Å². The molecule has 5 nitrogen and oxygen atoms in total. The fraction of sp³-hybridized carbons (Fsp3) is 0.250. The molecule has 0 saturated heterocycles. The Hall–Kier alpha value is -4.51. The van der Waals surface area contributed by atoms with E-state index in [0.29, 0.717) is 13.0 Å². The largest absolute Gasteiger partial charge is 0.494 e. The van der Waals surface area contributed by atoms with E-state index in [9.17, 15) is 4.79 Å². The molecule has 0 spiro atoms. The van der Waals surface area contributed by atoms with Gasteiger partial charge in [0.05, 0.1) is 24.0 Å². The molecule has 2 aliphatic rings. The van der Waals surface area contributed by atoms with E-state index in [1.807, 2.05) is 24.3 Å². The predicted octanol–water partition coefficient (Wildman–Crippen LogP) is 8.58. The van der Waals surface area contributed by atoms with E-state index < -0.39 is 0 Å². The molecule has 2 unspecified atom stereocenters. The molecule has 1 aliphatic heterocycles. The van der Waals surface area contributed by atoms with Gasteiger partial charge in [0.25, 0.3) is 0 Å². The minimum Gasteiger partial charge on any atom is -0.494 e. The molecule has 2 heterocycles. The van der Waals surface area contributed by atoms with Crippen molar-refractivity contribution in [3.8, 4) is 5.75 Å². The maximum Gasteiger partial charge on any atom is 0.163 e. The number of para-hydroxylation sites is 3. The highest BCUT2D eigenvalue weighted by atomic mass is 16.5. The Balaban J connectivity index is 1.31. The number of aromatic nitrogens is 1. The first-order valence-corrected chi connectivity index (χ1v) is 14.8. The summed E-state index contributed by atoms with van der Waals surface area (Å²) in [5.41, 5.74) is 8.60. The molecule has 2 N–H and O–H groups in total. The molecule has 4 aromatic carbocycles. The van der Waals surface area contributed by atoms with Gasteiger partial charge in [0.1, 0.15) is 5.75 Å². The van der Waals surface area contributed by atoms with Crippen molar-refractivity contribution in [1.82, 2.24) is 4.57 Å². The maximum atomic E-state index is 14.1. The van der Waals surface area contributed by atoms with Crippen molar-refractivity contribution >= 4 is 39.0 Å². The van der Waals surface area contributed by atoms with E-state index in [1.165, 1.54) is 27.4 Å². The number of ketones is 1. The number of allylic oxidation sites excluding steroid dienone is 1. The smallest absolute Gasteiger partial charge is 0.163 e. The summed E-state index contributed by atoms with van der Waals surface area (Å²) in [6, 6.07) is 31.6. The lowest BCUT2D eigenvalue weighted by Crippen LogP contribution is -2.26. The number of carbonyl (C=O) groups excluding carboxylic acids is 1. The number of fused-ring (bicyclic) bond motifs is 4. The number of rotatable bonds is 6. The number of nitrogens with zero attached hydrogens (tertiary/aromatic N) is 1. The predicted molar refractivity (Wildman–Crippen MR) is 168 cm³/mol. The SMILES string of the molecule is CCCOc1ccc(C2CC(=O)C3=C(C2)Nc2ccccc2NC3c2ccc3c(c2)c2ccccc2n3CC)cc1. The minimum atomic E-state index is -0.243. The molecule has 7 rings (SSSR count). The Bertz CT molecular complexity index is 1800. The lowest BCUT2D eigenvalue weighted by atomic mass is 9.78. The summed E-state index contributed by atoms with van der Waals surface area (Å²) < 4.78 is 8.16. The molecule has 0 amide bonds. The molecule has 0 saturated carbocycles. The number of hydrogen-bond donors (Lipinski definition) is 2. The summed E-state index contributed by atoms with van der Waals surface area (Å²) in [5, 5.41) is 9.90. The lowest BCUT2D eigenvalue weighted by molar-refractivity contribution is -0.116. The zero-order chi connectivity index (χ0) is 27.9. The van der Waals surface area contributed by atoms with Gasteiger partial charge in [-0.25, -0.2) is 0 Å². The van der Waals surface area contributed by atoms with Gasteiger partial charge in [0.2, 0.25) is 0 Å². The molecular formula is C36H35N3O2. The molecule has 41 heavy (non-hydrogen) atoms. The van der Waals surface area contributed by atoms with Crippen LogP contribution in [0.3, 0.4) is 0 Å². The number of benzene rings is 4. The normalized spacial score (nSPS) is 18.4. The van der Waals surface area contributed by atoms with E-state index in [4.69, 9.17) is 4.74 Å². The highest BCUT2D eigenvalue weighted by Crippen LogP contribution is 2.45. The van der Waals surface area contributed by atoms with Crippen molar-refractivity contribution in [2.45, 2.75) is 51.6 Å². The Morgan fingerprint density at radius 2 is 1.54 bits per heavy atom. The van der Waals surface area contributed by atoms with Crippen molar-refractivity contribution in [2.75, 3.05) is 17.2 Å². The Morgan fingerprint density at radius 3 is 2.34 bits per heavy atom. The summed E-state index contributed by atoms with van der Waals surface area (Å²) in [5.74, 6) is 1.18. The van der Waals surface area contributed by atoms with Crippen molar-refractivity contribution < 1.29 is 9.53 Å². The van der Waals surface area contributed by atoms with Crippen molar-refractivity contribution in [3.63, 3.8) is 0 Å². The van der Waals surface area contributed by atoms with Gasteiger partial charge >= 0.3 is 0 Å². The number of ether oxygens (including phenoxy) is 1. The van der Waals surface area contributed by atoms with Crippen LogP contribution in [0.1, 0.15) is 56.2 Å². The molecule has 1 aromatic heterocycles. The molecule has 0 fully saturated rings. The quantitative estimate of drug-likeness (QED) is 0.226. The number of aryl methyl sites for hydroxylation is 1. The van der Waals surface area contributed by atoms with Gasteiger partial charge in [0.15, 0.2) is 5.78 Å². The second kappa shape index (κ2) is 10.5. The van der Waals surface area contributed by atoms with Crippen LogP contribution in [0, 0.1) is 0 Å². The third-order valence-electron chi connectivity index (χ3n) is 8.58. The summed E-state index contributed by atoms with van der Waals surface area (Å²) >= 11 is 0. The first kappa shape index (κ1) is 25.5. The van der Waals surface area contributed by atoms with Crippen LogP contribution in [0.4, 0.5) is 11.4 Å². The van der Waals surface area contributed by atoms with Crippen LogP contribution >= 0.6 is 0 Å². The lowest BCUT2D eigenvalue weighted by Gasteiger charge is -2.30. The molecule has 0 bridgehead atoms. The number of Topliss-reactive ketones (excluding diaryl/α,β-unsaturated/α-hetero) is 1. The van der Waals surface area contributed by atoms with Crippen molar-refractivity contribution in [2.24, 2.45) is 0 Å². The third-order valence-corrected chi connectivity index (χ3v) is 8.58. The Labute approximate surface area is 240 Å². The van der Waals surface area contributed by atoms with Crippen LogP contribution in [0.25, 0.3) is 21.8 Å². The molecule has 2 atom stereocenters. The Morgan fingerprint density at radius 1 is 0.805 bits per heavy atom. The van der Waals surface area contributed by atoms with Crippen molar-refractivity contribution in [1.29, 1.82) is 0 Å². The summed E-state index contributed by atoms with van der Waals surface area (Å²) in [6.45, 7) is 5.91. The second-order valence-corrected chi connectivity index (χ2v) is 11.1. The van der Waals surface area contributed by atoms with Gasteiger partial charge in [-0.15, -0.1) is 0 Å². The van der Waals surface area contributed by atoms with Crippen LogP contribution in [0.5, 0.6) is 5.75 Å². The van der Waals surface area contributed by atoms with Crippen LogP contribution in [0.15, 0.2) is 102 Å². The topological polar surface area (TPSA) is 55.3 Å². The zero-order valence-electron chi connectivity index (χ0n) is 23.6. The van der Waals surface area contributed by atoms with E-state index >= 15 is 0 Å². The standard InChI is InChI=1S/C36H35N3O2/c1-3-19-41-26-16-13-23(14-17-26)25-21-31-35(34(40)22-25)36(38-30-11-7-6-10-29(30)37-31)24-15-18-33-28(20-24)27-9-5-8-12-32(27)39(33)4-2/h5-18,20,25,36-38H,3-4,19,21-22H2,1-2H3. The fourth-order valence-electron chi connectivity index (χ4n) is 6.63. The molecular weight excluding hydrogens is 506 g/mol. The molecule has 5 heteroatoms. The summed E-state index contributed by atoms with van der Waals surface area (Å²) in [7, 11) is 0. The van der Waals surface area contributed by atoms with Gasteiger partial charge in [-0.05, 0) is 79.3 Å². The van der Waals surface area contributed by atoms with E-state index in [0.717, 1.165) is 53.3 Å². The molecule has 5 aromatic rings. The minimum absolute atomic E-state index is 0.116. The zero-order valence-corrected chi connectivity index (χ0v) is 23.6. The number of anilines is 2.